The summed E-state index contributed by atoms with van der Waals surface area (Å²) in [6, 6.07) is 0. The molecule has 3 rings (SSSR count). The number of hydrogen-bond acceptors (Lipinski definition) is 5. The van der Waals surface area contributed by atoms with Crippen LogP contribution in [0.2, 0.25) is 0 Å². The molecule has 0 aromatic carbocycles. The molecule has 1 aromatic heterocycles. The minimum absolute atomic E-state index is 0.0700. The Kier molecular flexibility index (Phi) is 6.18. The summed E-state index contributed by atoms with van der Waals surface area (Å²) in [6.45, 7) is 6.52. The monoisotopic (exact) mass is 412 g/mol. The number of esters is 1. The molecule has 2 aliphatic rings. The molecule has 160 valence electrons. The van der Waals surface area contributed by atoms with Crippen molar-refractivity contribution in [3.05, 3.63) is 38.8 Å². The number of aryl methyl sites for hydroxylation is 1. The third-order valence-corrected chi connectivity index (χ3v) is 5.75. The summed E-state index contributed by atoms with van der Waals surface area (Å²) in [5, 5.41) is 10.9. The molecule has 7 nitrogen and oxygen atoms in total. The molecule has 1 fully saturated rings. The van der Waals surface area contributed by atoms with Crippen molar-refractivity contribution in [1.82, 2.24) is 9.47 Å². The first-order valence-electron chi connectivity index (χ1n) is 10.3. The summed E-state index contributed by atoms with van der Waals surface area (Å²) < 4.78 is 6.65. The van der Waals surface area contributed by atoms with Gasteiger partial charge < -0.3 is 19.3 Å². The number of ether oxygens (including phenoxy) is 1. The van der Waals surface area contributed by atoms with E-state index in [9.17, 15) is 19.5 Å². The van der Waals surface area contributed by atoms with Gasteiger partial charge in [0.05, 0.1) is 12.2 Å². The molecule has 0 atom stereocenters. The number of likely N-dealkylation sites (tertiary alicyclic amines) is 1. The average Bonchev–Trinajstić information content (AvgIpc) is 3.07. The van der Waals surface area contributed by atoms with Crippen molar-refractivity contribution in [3.8, 4) is 11.8 Å². The zero-order valence-corrected chi connectivity index (χ0v) is 18.0. The lowest BCUT2D eigenvalue weighted by Gasteiger charge is -2.35. The highest BCUT2D eigenvalue weighted by molar-refractivity contribution is 6.19. The number of nitrogens with zero attached hydrogens (tertiary/aromatic N) is 2. The second-order valence-electron chi connectivity index (χ2n) is 7.88. The van der Waals surface area contributed by atoms with E-state index in [4.69, 9.17) is 4.74 Å². The highest BCUT2D eigenvalue weighted by atomic mass is 16.5. The van der Waals surface area contributed by atoms with E-state index in [0.717, 1.165) is 5.57 Å². The maximum Gasteiger partial charge on any atom is 0.338 e. The largest absolute Gasteiger partial charge is 0.462 e. The van der Waals surface area contributed by atoms with Gasteiger partial charge in [0.2, 0.25) is 5.91 Å². The van der Waals surface area contributed by atoms with Crippen LogP contribution >= 0.6 is 0 Å². The topological polar surface area (TPSA) is 88.8 Å². The lowest BCUT2D eigenvalue weighted by molar-refractivity contribution is -0.136. The Morgan fingerprint density at radius 3 is 2.53 bits per heavy atom. The Hall–Kier alpha value is -2.85. The average molecular weight is 412 g/mol. The summed E-state index contributed by atoms with van der Waals surface area (Å²) in [5.74, 6) is 5.58. The minimum Gasteiger partial charge on any atom is -0.462 e. The molecule has 1 amide bonds. The molecule has 0 bridgehead atoms. The number of allylic oxidation sites excluding steroid dienone is 1. The zero-order chi connectivity index (χ0) is 22.1. The van der Waals surface area contributed by atoms with Crippen molar-refractivity contribution >= 4 is 17.4 Å². The molecule has 0 unspecified atom stereocenters. The van der Waals surface area contributed by atoms with Gasteiger partial charge >= 0.3 is 5.97 Å². The van der Waals surface area contributed by atoms with Crippen LogP contribution in [0.4, 0.5) is 0 Å². The van der Waals surface area contributed by atoms with Gasteiger partial charge in [-0.1, -0.05) is 24.3 Å². The van der Waals surface area contributed by atoms with Crippen LogP contribution in [0.15, 0.2) is 16.6 Å². The first-order chi connectivity index (χ1) is 14.2. The third-order valence-electron chi connectivity index (χ3n) is 5.75. The summed E-state index contributed by atoms with van der Waals surface area (Å²) in [6.07, 6.45) is 3.14. The Morgan fingerprint density at radius 1 is 1.27 bits per heavy atom. The molecule has 0 spiro atoms. The van der Waals surface area contributed by atoms with Crippen molar-refractivity contribution in [1.29, 1.82) is 0 Å². The van der Waals surface area contributed by atoms with Crippen molar-refractivity contribution in [3.63, 3.8) is 0 Å². The lowest BCUT2D eigenvalue weighted by Crippen LogP contribution is -2.45. The summed E-state index contributed by atoms with van der Waals surface area (Å²) >= 11 is 0. The van der Waals surface area contributed by atoms with E-state index in [1.54, 1.807) is 25.1 Å². The Morgan fingerprint density at radius 2 is 1.93 bits per heavy atom. The molecule has 7 heteroatoms. The Balaban J connectivity index is 1.97. The molecule has 1 aromatic rings. The number of carbonyl (C=O) groups excluding carboxylic acids is 2. The van der Waals surface area contributed by atoms with E-state index in [2.05, 4.69) is 11.8 Å². The van der Waals surface area contributed by atoms with E-state index in [0.29, 0.717) is 61.0 Å². The van der Waals surface area contributed by atoms with E-state index >= 15 is 0 Å². The van der Waals surface area contributed by atoms with Crippen molar-refractivity contribution in [2.24, 2.45) is 7.05 Å². The predicted octanol–water partition coefficient (Wildman–Crippen LogP) is 1.39. The molecule has 1 aliphatic carbocycles. The number of carbonyl (C=O) groups is 2. The van der Waals surface area contributed by atoms with Crippen LogP contribution < -0.4 is 5.56 Å². The van der Waals surface area contributed by atoms with Gasteiger partial charge in [0, 0.05) is 68.7 Å². The number of pyridine rings is 1. The van der Waals surface area contributed by atoms with Gasteiger partial charge in [0.15, 0.2) is 0 Å². The molecule has 1 aliphatic heterocycles. The fourth-order valence-corrected chi connectivity index (χ4v) is 4.05. The third kappa shape index (κ3) is 4.05. The first-order valence-corrected chi connectivity index (χ1v) is 10.3. The summed E-state index contributed by atoms with van der Waals surface area (Å²) in [4.78, 5) is 38.8. The maximum atomic E-state index is 12.6. The number of aliphatic hydroxyl groups is 1. The van der Waals surface area contributed by atoms with Crippen molar-refractivity contribution in [2.45, 2.75) is 52.1 Å². The zero-order valence-electron chi connectivity index (χ0n) is 18.0. The highest BCUT2D eigenvalue weighted by Gasteiger charge is 2.33. The lowest BCUT2D eigenvalue weighted by atomic mass is 9.91. The van der Waals surface area contributed by atoms with Crippen LogP contribution in [0.25, 0.3) is 5.57 Å². The Labute approximate surface area is 176 Å². The second kappa shape index (κ2) is 8.49. The van der Waals surface area contributed by atoms with Gasteiger partial charge in [-0.25, -0.2) is 4.79 Å². The predicted molar refractivity (Wildman–Crippen MR) is 113 cm³/mol. The van der Waals surface area contributed by atoms with Crippen LogP contribution in [-0.4, -0.2) is 51.7 Å². The molecule has 30 heavy (non-hydrogen) atoms. The molecule has 0 radical (unpaired) electrons. The van der Waals surface area contributed by atoms with Crippen LogP contribution in [0.3, 0.4) is 0 Å². The number of aromatic nitrogens is 1. The molecule has 2 heterocycles. The van der Waals surface area contributed by atoms with Gasteiger partial charge in [-0.2, -0.15) is 0 Å². The molecular formula is C23H28N2O5. The van der Waals surface area contributed by atoms with E-state index in [1.165, 1.54) is 4.57 Å². The molecular weight excluding hydrogens is 384 g/mol. The van der Waals surface area contributed by atoms with Crippen molar-refractivity contribution in [2.75, 3.05) is 19.7 Å². The van der Waals surface area contributed by atoms with Crippen LogP contribution in [-0.2, 0) is 27.8 Å². The van der Waals surface area contributed by atoms with Gasteiger partial charge in [0.1, 0.15) is 5.60 Å². The van der Waals surface area contributed by atoms with Gasteiger partial charge in [-0.15, -0.1) is 0 Å². The smallest absolute Gasteiger partial charge is 0.338 e. The number of fused-ring (bicyclic) bond motifs is 1. The fraction of sp³-hybridized carbons (Fsp3) is 0.522. The van der Waals surface area contributed by atoms with E-state index < -0.39 is 11.6 Å². The van der Waals surface area contributed by atoms with Crippen LogP contribution in [0, 0.1) is 11.8 Å². The van der Waals surface area contributed by atoms with E-state index in [-0.39, 0.29) is 18.1 Å². The van der Waals surface area contributed by atoms with Crippen LogP contribution in [0.5, 0.6) is 0 Å². The van der Waals surface area contributed by atoms with Gasteiger partial charge in [0.25, 0.3) is 5.56 Å². The van der Waals surface area contributed by atoms with E-state index in [1.807, 2.05) is 13.8 Å². The Bertz CT molecular complexity index is 1030. The minimum atomic E-state index is -1.21. The van der Waals surface area contributed by atoms with Crippen molar-refractivity contribution < 1.29 is 19.4 Å². The standard InChI is InChI=1S/C23H28N2O5/c1-5-18(26)25-11-9-23(29,10-12-25)8-7-16-14-24(4)21(27)17-13-15(3)19(20(16)17)22(28)30-6-2/h14,29H,5-6,9-13H2,1-4H3. The molecule has 1 saturated heterocycles. The fourth-order valence-electron chi connectivity index (χ4n) is 4.05. The van der Waals surface area contributed by atoms with Gasteiger partial charge in [-0.3, -0.25) is 9.59 Å². The number of rotatable bonds is 3. The summed E-state index contributed by atoms with van der Waals surface area (Å²) in [7, 11) is 1.65. The summed E-state index contributed by atoms with van der Waals surface area (Å²) in [5.41, 5.74) is 1.35. The number of piperidine rings is 1. The maximum absolute atomic E-state index is 12.6. The van der Waals surface area contributed by atoms with Gasteiger partial charge in [-0.05, 0) is 13.8 Å². The number of amides is 1. The SMILES string of the molecule is CCOC(=O)C1=C(C)Cc2c1c(C#CC1(O)CCN(C(=O)CC)CC1)cn(C)c2=O. The second-order valence-corrected chi connectivity index (χ2v) is 7.88. The number of hydrogen-bond donors (Lipinski definition) is 1. The first kappa shape index (κ1) is 21.8. The quantitative estimate of drug-likeness (QED) is 0.599. The highest BCUT2D eigenvalue weighted by Crippen LogP contribution is 2.34. The normalized spacial score (nSPS) is 17.3. The van der Waals surface area contributed by atoms with Crippen LogP contribution in [0.1, 0.15) is 56.7 Å². The molecule has 0 saturated carbocycles. The molecule has 1 N–H and O–H groups in total.